The van der Waals surface area contributed by atoms with Gasteiger partial charge in [0.05, 0.1) is 18.7 Å². The van der Waals surface area contributed by atoms with Crippen LogP contribution >= 0.6 is 0 Å². The number of hydrogen-bond donors (Lipinski definition) is 2. The Hall–Kier alpha value is -1.85. The van der Waals surface area contributed by atoms with Crippen LogP contribution < -0.4 is 10.9 Å². The van der Waals surface area contributed by atoms with Crippen molar-refractivity contribution in [2.45, 2.75) is 38.6 Å². The highest BCUT2D eigenvalue weighted by atomic mass is 16.5. The van der Waals surface area contributed by atoms with Gasteiger partial charge in [-0.3, -0.25) is 0 Å². The largest absolute Gasteiger partial charge is 0.507 e. The molecule has 0 unspecified atom stereocenters. The Kier molecular flexibility index (Phi) is 4.98. The number of phenols is 1. The summed E-state index contributed by atoms with van der Waals surface area (Å²) in [5, 5.41) is 13.3. The molecule has 5 nitrogen and oxygen atoms in total. The maximum atomic E-state index is 12.3. The fraction of sp³-hybridized carbons (Fsp3) is 0.500. The van der Waals surface area contributed by atoms with Crippen molar-refractivity contribution in [2.75, 3.05) is 20.3 Å². The van der Waals surface area contributed by atoms with Crippen molar-refractivity contribution in [2.24, 2.45) is 0 Å². The molecule has 0 bridgehead atoms. The van der Waals surface area contributed by atoms with Crippen LogP contribution in [-0.2, 0) is 24.1 Å². The maximum Gasteiger partial charge on any atom is 0.339 e. The van der Waals surface area contributed by atoms with Gasteiger partial charge in [-0.25, -0.2) is 4.79 Å². The predicted molar refractivity (Wildman–Crippen MR) is 87.8 cm³/mol. The van der Waals surface area contributed by atoms with Crippen molar-refractivity contribution in [3.63, 3.8) is 0 Å². The molecule has 2 aromatic rings. The van der Waals surface area contributed by atoms with E-state index in [-0.39, 0.29) is 11.4 Å². The summed E-state index contributed by atoms with van der Waals surface area (Å²) in [7, 11) is 1.69. The lowest BCUT2D eigenvalue weighted by Gasteiger charge is -2.17. The van der Waals surface area contributed by atoms with E-state index in [9.17, 15) is 9.90 Å². The number of methoxy groups -OCH3 is 1. The number of fused-ring (bicyclic) bond motifs is 3. The topological polar surface area (TPSA) is 76.3 Å². The summed E-state index contributed by atoms with van der Waals surface area (Å²) < 4.78 is 10.6. The van der Waals surface area contributed by atoms with E-state index in [1.54, 1.807) is 13.2 Å². The van der Waals surface area contributed by atoms with Crippen molar-refractivity contribution in [1.29, 1.82) is 0 Å². The van der Waals surface area contributed by atoms with Gasteiger partial charge >= 0.3 is 5.63 Å². The van der Waals surface area contributed by atoms with Crippen molar-refractivity contribution in [1.82, 2.24) is 0 Å². The molecule has 0 spiro atoms. The van der Waals surface area contributed by atoms with E-state index in [4.69, 9.17) is 9.15 Å². The third-order valence-corrected chi connectivity index (χ3v) is 4.58. The van der Waals surface area contributed by atoms with Gasteiger partial charge in [-0.2, -0.15) is 0 Å². The van der Waals surface area contributed by atoms with Gasteiger partial charge in [0.2, 0.25) is 0 Å². The molecule has 1 aromatic heterocycles. The molecule has 0 saturated carbocycles. The van der Waals surface area contributed by atoms with Gasteiger partial charge in [-0.1, -0.05) is 0 Å². The summed E-state index contributed by atoms with van der Waals surface area (Å²) in [5.41, 5.74) is 2.97. The van der Waals surface area contributed by atoms with Gasteiger partial charge in [-0.15, -0.1) is 0 Å². The number of aryl methyl sites for hydroxylation is 1. The SMILES string of the molecule is COCCC[NH2+]Cc1c(O)ccc2c3c(c(=O)oc12)CCCC3. The molecule has 23 heavy (non-hydrogen) atoms. The van der Waals surface area contributed by atoms with Gasteiger partial charge in [0.25, 0.3) is 0 Å². The first-order valence-electron chi connectivity index (χ1n) is 8.32. The Bertz CT molecular complexity index is 751. The zero-order valence-electron chi connectivity index (χ0n) is 13.6. The monoisotopic (exact) mass is 318 g/mol. The molecule has 0 aliphatic heterocycles. The van der Waals surface area contributed by atoms with E-state index < -0.39 is 0 Å². The highest BCUT2D eigenvalue weighted by Gasteiger charge is 2.21. The summed E-state index contributed by atoms with van der Waals surface area (Å²) >= 11 is 0. The highest BCUT2D eigenvalue weighted by molar-refractivity contribution is 5.86. The minimum absolute atomic E-state index is 0.194. The van der Waals surface area contributed by atoms with Gasteiger partial charge < -0.3 is 19.6 Å². The van der Waals surface area contributed by atoms with Gasteiger partial charge in [0.1, 0.15) is 12.3 Å². The number of rotatable bonds is 6. The molecule has 0 amide bonds. The molecule has 0 radical (unpaired) electrons. The number of aromatic hydroxyl groups is 1. The van der Waals surface area contributed by atoms with Crippen molar-refractivity contribution >= 4 is 11.0 Å². The number of nitrogens with two attached hydrogens (primary N) is 1. The van der Waals surface area contributed by atoms with E-state index in [0.717, 1.165) is 61.8 Å². The molecular weight excluding hydrogens is 294 g/mol. The number of hydrogen-bond acceptors (Lipinski definition) is 4. The second kappa shape index (κ2) is 7.15. The molecule has 1 aromatic carbocycles. The second-order valence-corrected chi connectivity index (χ2v) is 6.12. The Morgan fingerprint density at radius 1 is 1.26 bits per heavy atom. The van der Waals surface area contributed by atoms with Crippen LogP contribution in [-0.4, -0.2) is 25.4 Å². The zero-order chi connectivity index (χ0) is 16.2. The minimum Gasteiger partial charge on any atom is -0.507 e. The number of quaternary nitrogens is 1. The van der Waals surface area contributed by atoms with Crippen LogP contribution in [0, 0.1) is 0 Å². The Morgan fingerprint density at radius 2 is 2.04 bits per heavy atom. The van der Waals surface area contributed by atoms with Crippen LogP contribution in [0.1, 0.15) is 36.0 Å². The zero-order valence-corrected chi connectivity index (χ0v) is 13.6. The molecule has 1 aliphatic rings. The number of phenolic OH excluding ortho intramolecular Hbond substituents is 1. The Morgan fingerprint density at radius 3 is 2.83 bits per heavy atom. The Balaban J connectivity index is 1.95. The Labute approximate surface area is 135 Å². The third kappa shape index (κ3) is 3.26. The van der Waals surface area contributed by atoms with E-state index >= 15 is 0 Å². The van der Waals surface area contributed by atoms with Crippen molar-refractivity contribution in [3.05, 3.63) is 39.2 Å². The van der Waals surface area contributed by atoms with Gasteiger partial charge in [0, 0.05) is 24.5 Å². The number of benzene rings is 1. The molecule has 0 saturated heterocycles. The van der Waals surface area contributed by atoms with Crippen LogP contribution in [0.4, 0.5) is 0 Å². The van der Waals surface area contributed by atoms with Crippen LogP contribution in [0.5, 0.6) is 5.75 Å². The highest BCUT2D eigenvalue weighted by Crippen LogP contribution is 2.32. The molecule has 5 heteroatoms. The quantitative estimate of drug-likeness (QED) is 0.625. The molecule has 0 fully saturated rings. The lowest BCUT2D eigenvalue weighted by molar-refractivity contribution is -0.670. The van der Waals surface area contributed by atoms with Gasteiger partial charge in [0.15, 0.2) is 5.58 Å². The lowest BCUT2D eigenvalue weighted by atomic mass is 9.90. The average Bonchev–Trinajstić information content (AvgIpc) is 2.57. The lowest BCUT2D eigenvalue weighted by Crippen LogP contribution is -2.82. The molecule has 124 valence electrons. The summed E-state index contributed by atoms with van der Waals surface area (Å²) in [5.74, 6) is 0.194. The first-order chi connectivity index (χ1) is 11.2. The molecule has 1 aliphatic carbocycles. The molecule has 0 atom stereocenters. The van der Waals surface area contributed by atoms with Gasteiger partial charge in [-0.05, 0) is 43.4 Å². The normalized spacial score (nSPS) is 14.1. The third-order valence-electron chi connectivity index (χ3n) is 4.58. The predicted octanol–water partition coefficient (Wildman–Crippen LogP) is 1.48. The summed E-state index contributed by atoms with van der Waals surface area (Å²) in [6.45, 7) is 2.22. The average molecular weight is 318 g/mol. The number of ether oxygens (including phenoxy) is 1. The summed E-state index contributed by atoms with van der Waals surface area (Å²) in [6.07, 6.45) is 4.81. The van der Waals surface area contributed by atoms with Crippen LogP contribution in [0.25, 0.3) is 11.0 Å². The fourth-order valence-corrected chi connectivity index (χ4v) is 3.37. The fourth-order valence-electron chi connectivity index (χ4n) is 3.37. The molecular formula is C18H24NO4+. The smallest absolute Gasteiger partial charge is 0.339 e. The van der Waals surface area contributed by atoms with Crippen LogP contribution in [0.15, 0.2) is 21.3 Å². The van der Waals surface area contributed by atoms with Crippen molar-refractivity contribution < 1.29 is 19.6 Å². The molecule has 3 N–H and O–H groups in total. The minimum atomic E-state index is -0.238. The van der Waals surface area contributed by atoms with Crippen LogP contribution in [0.3, 0.4) is 0 Å². The second-order valence-electron chi connectivity index (χ2n) is 6.12. The molecule has 3 rings (SSSR count). The van der Waals surface area contributed by atoms with E-state index in [2.05, 4.69) is 5.32 Å². The standard InChI is InChI=1S/C18H23NO4/c1-22-10-4-9-19-11-15-16(20)8-7-13-12-5-2-3-6-14(12)18(21)23-17(13)15/h7-8,19-20H,2-6,9-11H2,1H3/p+1. The summed E-state index contributed by atoms with van der Waals surface area (Å²) in [6, 6.07) is 3.60. The van der Waals surface area contributed by atoms with E-state index in [1.165, 1.54) is 0 Å². The maximum absolute atomic E-state index is 12.3. The first-order valence-corrected chi connectivity index (χ1v) is 8.32. The van der Waals surface area contributed by atoms with Crippen molar-refractivity contribution in [3.8, 4) is 5.75 Å². The van der Waals surface area contributed by atoms with E-state index in [0.29, 0.717) is 17.7 Å². The van der Waals surface area contributed by atoms with Crippen LogP contribution in [0.2, 0.25) is 0 Å². The van der Waals surface area contributed by atoms with E-state index in [1.807, 2.05) is 6.07 Å². The molecule has 1 heterocycles. The first kappa shape index (κ1) is 16.0. The summed E-state index contributed by atoms with van der Waals surface area (Å²) in [4.78, 5) is 12.3.